The minimum Gasteiger partial charge on any atom is -0.378 e. The number of hydrogen-bond donors (Lipinski definition) is 1. The Morgan fingerprint density at radius 1 is 1.40 bits per heavy atom. The van der Waals surface area contributed by atoms with Crippen molar-refractivity contribution < 1.29 is 4.74 Å². The van der Waals surface area contributed by atoms with Gasteiger partial charge in [-0.1, -0.05) is 0 Å². The molecule has 0 unspecified atom stereocenters. The highest BCUT2D eigenvalue weighted by Crippen LogP contribution is 2.25. The lowest BCUT2D eigenvalue weighted by molar-refractivity contribution is 0.0459. The maximum atomic E-state index is 5.69. The van der Waals surface area contributed by atoms with Crippen LogP contribution in [-0.4, -0.2) is 36.3 Å². The van der Waals surface area contributed by atoms with Gasteiger partial charge in [-0.2, -0.15) is 0 Å². The van der Waals surface area contributed by atoms with Crippen molar-refractivity contribution in [3.63, 3.8) is 0 Å². The predicted octanol–water partition coefficient (Wildman–Crippen LogP) is 3.04. The second-order valence-corrected chi connectivity index (χ2v) is 7.20. The van der Waals surface area contributed by atoms with E-state index in [1.807, 2.05) is 0 Å². The molecule has 5 heteroatoms. The first-order valence-corrected chi connectivity index (χ1v) is 8.42. The second-order valence-electron chi connectivity index (χ2n) is 6.37. The van der Waals surface area contributed by atoms with Gasteiger partial charge in [-0.15, -0.1) is 11.3 Å². The standard InChI is InChI=1S/C15H27N3OS/c1-5-19-13-6-8-18(9-7-13)14-17-12(11-20-14)10-16-15(2,3)4/h11,13,16H,5-10H2,1-4H3. The van der Waals surface area contributed by atoms with Gasteiger partial charge < -0.3 is 15.0 Å². The van der Waals surface area contributed by atoms with Crippen LogP contribution in [0.4, 0.5) is 5.13 Å². The Bertz CT molecular complexity index is 405. The summed E-state index contributed by atoms with van der Waals surface area (Å²) >= 11 is 1.76. The lowest BCUT2D eigenvalue weighted by atomic mass is 10.1. The Labute approximate surface area is 126 Å². The molecular weight excluding hydrogens is 270 g/mol. The van der Waals surface area contributed by atoms with E-state index in [0.717, 1.165) is 49.9 Å². The molecule has 20 heavy (non-hydrogen) atoms. The SMILES string of the molecule is CCOC1CCN(c2nc(CNC(C)(C)C)cs2)CC1. The molecular formula is C15H27N3OS. The summed E-state index contributed by atoms with van der Waals surface area (Å²) in [5.74, 6) is 0. The van der Waals surface area contributed by atoms with Gasteiger partial charge in [-0.3, -0.25) is 0 Å². The number of anilines is 1. The van der Waals surface area contributed by atoms with Crippen molar-refractivity contribution in [2.24, 2.45) is 0 Å². The number of rotatable bonds is 5. The van der Waals surface area contributed by atoms with Crippen LogP contribution in [0.15, 0.2) is 5.38 Å². The van der Waals surface area contributed by atoms with E-state index < -0.39 is 0 Å². The van der Waals surface area contributed by atoms with Gasteiger partial charge in [0, 0.05) is 37.2 Å². The normalized spacial score (nSPS) is 17.7. The van der Waals surface area contributed by atoms with Crippen LogP contribution in [0.3, 0.4) is 0 Å². The molecule has 1 N–H and O–H groups in total. The maximum absolute atomic E-state index is 5.69. The average molecular weight is 297 g/mol. The molecule has 1 aliphatic rings. The molecule has 0 atom stereocenters. The van der Waals surface area contributed by atoms with Gasteiger partial charge in [-0.05, 0) is 40.5 Å². The van der Waals surface area contributed by atoms with E-state index in [1.165, 1.54) is 0 Å². The summed E-state index contributed by atoms with van der Waals surface area (Å²) in [7, 11) is 0. The number of nitrogens with zero attached hydrogens (tertiary/aromatic N) is 2. The zero-order valence-electron chi connectivity index (χ0n) is 13.1. The van der Waals surface area contributed by atoms with Crippen LogP contribution >= 0.6 is 11.3 Å². The molecule has 114 valence electrons. The fraction of sp³-hybridized carbons (Fsp3) is 0.800. The molecule has 1 aromatic rings. The van der Waals surface area contributed by atoms with E-state index in [4.69, 9.17) is 9.72 Å². The molecule has 1 fully saturated rings. The molecule has 1 saturated heterocycles. The summed E-state index contributed by atoms with van der Waals surface area (Å²) in [6.07, 6.45) is 2.67. The molecule has 0 aromatic carbocycles. The van der Waals surface area contributed by atoms with Crippen LogP contribution in [0, 0.1) is 0 Å². The second kappa shape index (κ2) is 6.87. The predicted molar refractivity (Wildman–Crippen MR) is 85.6 cm³/mol. The highest BCUT2D eigenvalue weighted by Gasteiger charge is 2.21. The first kappa shape index (κ1) is 15.7. The topological polar surface area (TPSA) is 37.4 Å². The van der Waals surface area contributed by atoms with E-state index in [0.29, 0.717) is 6.10 Å². The first-order valence-electron chi connectivity index (χ1n) is 7.54. The molecule has 1 aromatic heterocycles. The van der Waals surface area contributed by atoms with Crippen molar-refractivity contribution in [1.82, 2.24) is 10.3 Å². The molecule has 0 aliphatic carbocycles. The molecule has 2 heterocycles. The lowest BCUT2D eigenvalue weighted by Crippen LogP contribution is -2.37. The minimum atomic E-state index is 0.139. The highest BCUT2D eigenvalue weighted by molar-refractivity contribution is 7.13. The molecule has 0 saturated carbocycles. The van der Waals surface area contributed by atoms with Gasteiger partial charge in [0.15, 0.2) is 5.13 Å². The average Bonchev–Trinajstić information content (AvgIpc) is 2.86. The van der Waals surface area contributed by atoms with Gasteiger partial charge in [0.05, 0.1) is 11.8 Å². The Kier molecular flexibility index (Phi) is 5.41. The molecule has 1 aliphatic heterocycles. The number of ether oxygens (including phenoxy) is 1. The Hall–Kier alpha value is -0.650. The van der Waals surface area contributed by atoms with E-state index >= 15 is 0 Å². The third-order valence-electron chi connectivity index (χ3n) is 3.45. The van der Waals surface area contributed by atoms with Crippen LogP contribution in [-0.2, 0) is 11.3 Å². The van der Waals surface area contributed by atoms with Gasteiger partial charge in [0.25, 0.3) is 0 Å². The smallest absolute Gasteiger partial charge is 0.185 e. The van der Waals surface area contributed by atoms with Crippen molar-refractivity contribution in [3.8, 4) is 0 Å². The molecule has 0 bridgehead atoms. The molecule has 4 nitrogen and oxygen atoms in total. The number of aromatic nitrogens is 1. The maximum Gasteiger partial charge on any atom is 0.185 e. The molecule has 0 radical (unpaired) electrons. The van der Waals surface area contributed by atoms with Crippen LogP contribution in [0.2, 0.25) is 0 Å². The fourth-order valence-electron chi connectivity index (χ4n) is 2.33. The van der Waals surface area contributed by atoms with E-state index in [9.17, 15) is 0 Å². The molecule has 0 amide bonds. The van der Waals surface area contributed by atoms with Gasteiger partial charge in [-0.25, -0.2) is 4.98 Å². The number of hydrogen-bond acceptors (Lipinski definition) is 5. The summed E-state index contributed by atoms with van der Waals surface area (Å²) in [6, 6.07) is 0. The van der Waals surface area contributed by atoms with Crippen molar-refractivity contribution in [2.45, 2.75) is 58.7 Å². The number of piperidine rings is 1. The van der Waals surface area contributed by atoms with Crippen molar-refractivity contribution in [1.29, 1.82) is 0 Å². The van der Waals surface area contributed by atoms with Crippen molar-refractivity contribution >= 4 is 16.5 Å². The quantitative estimate of drug-likeness (QED) is 0.906. The third kappa shape index (κ3) is 4.72. The van der Waals surface area contributed by atoms with Crippen molar-refractivity contribution in [3.05, 3.63) is 11.1 Å². The van der Waals surface area contributed by atoms with Gasteiger partial charge in [0.2, 0.25) is 0 Å². The van der Waals surface area contributed by atoms with Gasteiger partial charge >= 0.3 is 0 Å². The summed E-state index contributed by atoms with van der Waals surface area (Å²) < 4.78 is 5.69. The summed E-state index contributed by atoms with van der Waals surface area (Å²) in [4.78, 5) is 7.14. The Morgan fingerprint density at radius 2 is 2.10 bits per heavy atom. The number of nitrogens with one attached hydrogen (secondary N) is 1. The van der Waals surface area contributed by atoms with Crippen LogP contribution in [0.1, 0.15) is 46.2 Å². The summed E-state index contributed by atoms with van der Waals surface area (Å²) in [5.41, 5.74) is 1.28. The van der Waals surface area contributed by atoms with Crippen LogP contribution in [0.25, 0.3) is 0 Å². The fourth-order valence-corrected chi connectivity index (χ4v) is 3.21. The zero-order valence-corrected chi connectivity index (χ0v) is 13.9. The van der Waals surface area contributed by atoms with E-state index in [-0.39, 0.29) is 5.54 Å². The first-order chi connectivity index (χ1) is 9.48. The Morgan fingerprint density at radius 3 is 2.70 bits per heavy atom. The van der Waals surface area contributed by atoms with Crippen LogP contribution < -0.4 is 10.2 Å². The number of thiazole rings is 1. The van der Waals surface area contributed by atoms with E-state index in [1.54, 1.807) is 11.3 Å². The summed E-state index contributed by atoms with van der Waals surface area (Å²) in [6.45, 7) is 12.4. The van der Waals surface area contributed by atoms with E-state index in [2.05, 4.69) is 43.3 Å². The lowest BCUT2D eigenvalue weighted by Gasteiger charge is -2.31. The Balaban J connectivity index is 1.84. The van der Waals surface area contributed by atoms with Crippen molar-refractivity contribution in [2.75, 3.05) is 24.6 Å². The van der Waals surface area contributed by atoms with Gasteiger partial charge in [0.1, 0.15) is 0 Å². The molecule has 0 spiro atoms. The van der Waals surface area contributed by atoms with Crippen LogP contribution in [0.5, 0.6) is 0 Å². The minimum absolute atomic E-state index is 0.139. The largest absolute Gasteiger partial charge is 0.378 e. The monoisotopic (exact) mass is 297 g/mol. The molecule has 2 rings (SSSR count). The highest BCUT2D eigenvalue weighted by atomic mass is 32.1. The zero-order chi connectivity index (χ0) is 14.6. The third-order valence-corrected chi connectivity index (χ3v) is 4.40. The summed E-state index contributed by atoms with van der Waals surface area (Å²) in [5, 5.41) is 6.81.